The quantitative estimate of drug-likeness (QED) is 0.592. The van der Waals surface area contributed by atoms with Gasteiger partial charge in [-0.1, -0.05) is 18.2 Å². The number of methoxy groups -OCH3 is 1. The zero-order chi connectivity index (χ0) is 12.0. The van der Waals surface area contributed by atoms with Crippen LogP contribution < -0.4 is 11.1 Å². The van der Waals surface area contributed by atoms with Gasteiger partial charge < -0.3 is 15.8 Å². The van der Waals surface area contributed by atoms with Crippen molar-refractivity contribution >= 4 is 17.7 Å². The number of benzene rings is 1. The van der Waals surface area contributed by atoms with E-state index in [0.717, 1.165) is 12.1 Å². The number of hydrogen-bond donors (Lipinski definition) is 2. The van der Waals surface area contributed by atoms with Gasteiger partial charge in [-0.25, -0.2) is 4.79 Å². The first-order valence-corrected chi connectivity index (χ1v) is 4.98. The summed E-state index contributed by atoms with van der Waals surface area (Å²) in [4.78, 5) is 11.3. The van der Waals surface area contributed by atoms with Crippen LogP contribution in [0.25, 0.3) is 6.08 Å². The van der Waals surface area contributed by atoms with Crippen molar-refractivity contribution in [2.24, 2.45) is 0 Å². The number of nitrogens with one attached hydrogen (secondary N) is 1. The van der Waals surface area contributed by atoms with E-state index in [1.165, 1.54) is 7.11 Å². The molecule has 0 aliphatic carbocycles. The van der Waals surface area contributed by atoms with E-state index in [2.05, 4.69) is 10.1 Å². The van der Waals surface area contributed by atoms with Gasteiger partial charge in [0.2, 0.25) is 0 Å². The van der Waals surface area contributed by atoms with E-state index < -0.39 is 5.97 Å². The van der Waals surface area contributed by atoms with Crippen LogP contribution in [0, 0.1) is 0 Å². The van der Waals surface area contributed by atoms with Gasteiger partial charge in [0.25, 0.3) is 0 Å². The summed E-state index contributed by atoms with van der Waals surface area (Å²) >= 11 is 0. The lowest BCUT2D eigenvalue weighted by Crippen LogP contribution is -2.05. The molecule has 16 heavy (non-hydrogen) atoms. The molecule has 1 rings (SSSR count). The predicted molar refractivity (Wildman–Crippen MR) is 65.2 cm³/mol. The van der Waals surface area contributed by atoms with Crippen LogP contribution in [-0.4, -0.2) is 26.7 Å². The maximum atomic E-state index is 11.3. The van der Waals surface area contributed by atoms with Gasteiger partial charge in [0.15, 0.2) is 0 Å². The van der Waals surface area contributed by atoms with Crippen LogP contribution in [0.3, 0.4) is 0 Å². The van der Waals surface area contributed by atoms with E-state index in [1.807, 2.05) is 25.3 Å². The molecule has 1 aromatic rings. The van der Waals surface area contributed by atoms with E-state index >= 15 is 0 Å². The minimum Gasteiger partial charge on any atom is -0.465 e. The number of carbonyl (C=O) groups excluding carboxylic acids is 1. The number of nitrogen functional groups attached to an aromatic ring is 1. The maximum Gasteiger partial charge on any atom is 0.339 e. The monoisotopic (exact) mass is 220 g/mol. The van der Waals surface area contributed by atoms with Gasteiger partial charge in [-0.2, -0.15) is 0 Å². The Morgan fingerprint density at radius 3 is 2.88 bits per heavy atom. The molecule has 0 aromatic heterocycles. The standard InChI is InChI=1S/C12H16N2O2/c1-14-7-3-4-9-5-6-10(11(13)8-9)12(15)16-2/h3-6,8,14H,7,13H2,1-2H3. The van der Waals surface area contributed by atoms with Crippen LogP contribution in [0.4, 0.5) is 5.69 Å². The molecule has 0 bridgehead atoms. The number of hydrogen-bond acceptors (Lipinski definition) is 4. The van der Waals surface area contributed by atoms with Crippen molar-refractivity contribution in [3.63, 3.8) is 0 Å². The number of rotatable bonds is 4. The molecule has 0 amide bonds. The molecule has 3 N–H and O–H groups in total. The molecule has 0 fully saturated rings. The fraction of sp³-hybridized carbons (Fsp3) is 0.250. The zero-order valence-corrected chi connectivity index (χ0v) is 9.49. The third kappa shape index (κ3) is 3.10. The lowest BCUT2D eigenvalue weighted by atomic mass is 10.1. The minimum atomic E-state index is -0.414. The average molecular weight is 220 g/mol. The largest absolute Gasteiger partial charge is 0.465 e. The number of anilines is 1. The molecular weight excluding hydrogens is 204 g/mol. The second kappa shape index (κ2) is 5.92. The van der Waals surface area contributed by atoms with E-state index in [9.17, 15) is 4.79 Å². The molecule has 1 aromatic carbocycles. The molecule has 0 saturated carbocycles. The van der Waals surface area contributed by atoms with Crippen molar-refractivity contribution in [2.45, 2.75) is 0 Å². The first kappa shape index (κ1) is 12.3. The molecule has 0 aliphatic rings. The topological polar surface area (TPSA) is 64.3 Å². The highest BCUT2D eigenvalue weighted by molar-refractivity contribution is 5.95. The summed E-state index contributed by atoms with van der Waals surface area (Å²) in [7, 11) is 3.21. The molecule has 0 spiro atoms. The van der Waals surface area contributed by atoms with Crippen LogP contribution in [0.15, 0.2) is 24.3 Å². The second-order valence-corrected chi connectivity index (χ2v) is 3.30. The Kier molecular flexibility index (Phi) is 4.54. The summed E-state index contributed by atoms with van der Waals surface area (Å²) in [5, 5.41) is 3.00. The molecule has 4 heteroatoms. The lowest BCUT2D eigenvalue weighted by molar-refractivity contribution is 0.0602. The van der Waals surface area contributed by atoms with Gasteiger partial charge in [0, 0.05) is 12.2 Å². The molecule has 0 aliphatic heterocycles. The van der Waals surface area contributed by atoms with Crippen LogP contribution in [-0.2, 0) is 4.74 Å². The Hall–Kier alpha value is -1.81. The second-order valence-electron chi connectivity index (χ2n) is 3.30. The van der Waals surface area contributed by atoms with Crippen molar-refractivity contribution in [1.29, 1.82) is 0 Å². The fourth-order valence-corrected chi connectivity index (χ4v) is 1.29. The molecule has 86 valence electrons. The Balaban J connectivity index is 2.86. The summed E-state index contributed by atoms with van der Waals surface area (Å²) in [5.41, 5.74) is 7.54. The summed E-state index contributed by atoms with van der Waals surface area (Å²) in [6, 6.07) is 5.24. The molecule has 0 atom stereocenters. The summed E-state index contributed by atoms with van der Waals surface area (Å²) in [6.45, 7) is 0.790. The molecule has 0 unspecified atom stereocenters. The molecular formula is C12H16N2O2. The minimum absolute atomic E-state index is 0.397. The Labute approximate surface area is 95.1 Å². The van der Waals surface area contributed by atoms with Crippen LogP contribution in [0.1, 0.15) is 15.9 Å². The van der Waals surface area contributed by atoms with Crippen molar-refractivity contribution in [2.75, 3.05) is 26.4 Å². The number of likely N-dealkylation sites (N-methyl/N-ethyl adjacent to an activating group) is 1. The van der Waals surface area contributed by atoms with E-state index in [-0.39, 0.29) is 0 Å². The van der Waals surface area contributed by atoms with E-state index in [0.29, 0.717) is 11.3 Å². The highest BCUT2D eigenvalue weighted by atomic mass is 16.5. The average Bonchev–Trinajstić information content (AvgIpc) is 2.29. The van der Waals surface area contributed by atoms with Crippen molar-refractivity contribution in [3.05, 3.63) is 35.4 Å². The summed E-state index contributed by atoms with van der Waals surface area (Å²) < 4.78 is 4.61. The van der Waals surface area contributed by atoms with Crippen LogP contribution >= 0.6 is 0 Å². The van der Waals surface area contributed by atoms with Crippen molar-refractivity contribution in [3.8, 4) is 0 Å². The summed E-state index contributed by atoms with van der Waals surface area (Å²) in [6.07, 6.45) is 3.92. The smallest absolute Gasteiger partial charge is 0.339 e. The van der Waals surface area contributed by atoms with Gasteiger partial charge in [0.1, 0.15) is 0 Å². The lowest BCUT2D eigenvalue weighted by Gasteiger charge is -2.04. The molecule has 0 radical (unpaired) electrons. The van der Waals surface area contributed by atoms with E-state index in [4.69, 9.17) is 5.73 Å². The number of esters is 1. The normalized spacial score (nSPS) is 10.6. The highest BCUT2D eigenvalue weighted by Crippen LogP contribution is 2.16. The third-order valence-electron chi connectivity index (χ3n) is 2.11. The Morgan fingerprint density at radius 1 is 1.56 bits per heavy atom. The number of carbonyl (C=O) groups is 1. The number of ether oxygens (including phenoxy) is 1. The van der Waals surface area contributed by atoms with Gasteiger partial charge in [0.05, 0.1) is 12.7 Å². The van der Waals surface area contributed by atoms with Crippen LogP contribution in [0.2, 0.25) is 0 Å². The highest BCUT2D eigenvalue weighted by Gasteiger charge is 2.08. The van der Waals surface area contributed by atoms with E-state index in [1.54, 1.807) is 12.1 Å². The number of nitrogens with two attached hydrogens (primary N) is 1. The predicted octanol–water partition coefficient (Wildman–Crippen LogP) is 1.29. The van der Waals surface area contributed by atoms with Crippen molar-refractivity contribution in [1.82, 2.24) is 5.32 Å². The third-order valence-corrected chi connectivity index (χ3v) is 2.11. The van der Waals surface area contributed by atoms with Gasteiger partial charge in [-0.05, 0) is 24.7 Å². The molecule has 0 saturated heterocycles. The Bertz CT molecular complexity index is 400. The van der Waals surface area contributed by atoms with Gasteiger partial charge in [-0.15, -0.1) is 0 Å². The maximum absolute atomic E-state index is 11.3. The SMILES string of the molecule is CNCC=Cc1ccc(C(=O)OC)c(N)c1. The van der Waals surface area contributed by atoms with Crippen molar-refractivity contribution < 1.29 is 9.53 Å². The molecule has 4 nitrogen and oxygen atoms in total. The molecule has 0 heterocycles. The van der Waals surface area contributed by atoms with Crippen LogP contribution in [0.5, 0.6) is 0 Å². The first-order chi connectivity index (χ1) is 7.69. The van der Waals surface area contributed by atoms with Gasteiger partial charge >= 0.3 is 5.97 Å². The zero-order valence-electron chi connectivity index (χ0n) is 9.49. The Morgan fingerprint density at radius 2 is 2.31 bits per heavy atom. The first-order valence-electron chi connectivity index (χ1n) is 4.98. The fourth-order valence-electron chi connectivity index (χ4n) is 1.29. The van der Waals surface area contributed by atoms with Gasteiger partial charge in [-0.3, -0.25) is 0 Å². The summed E-state index contributed by atoms with van der Waals surface area (Å²) in [5.74, 6) is -0.414.